The first-order chi connectivity index (χ1) is 16.1. The predicted molar refractivity (Wildman–Crippen MR) is 122 cm³/mol. The van der Waals surface area contributed by atoms with Gasteiger partial charge in [0, 0.05) is 12.6 Å². The highest BCUT2D eigenvalue weighted by molar-refractivity contribution is 5.70. The average molecular weight is 468 g/mol. The molecule has 0 unspecified atom stereocenters. The van der Waals surface area contributed by atoms with Crippen molar-refractivity contribution in [3.05, 3.63) is 92.9 Å². The maximum absolute atomic E-state index is 13.5. The summed E-state index contributed by atoms with van der Waals surface area (Å²) in [5.41, 5.74) is 3.18. The number of alkyl halides is 3. The molecule has 0 aliphatic rings. The van der Waals surface area contributed by atoms with E-state index in [1.54, 1.807) is 38.1 Å². The maximum Gasteiger partial charge on any atom is 0.417 e. The van der Waals surface area contributed by atoms with Crippen molar-refractivity contribution in [2.45, 2.75) is 33.6 Å². The molecule has 0 aliphatic heterocycles. The fraction of sp³-hybridized carbons (Fsp3) is 0.240. The van der Waals surface area contributed by atoms with E-state index < -0.39 is 11.7 Å². The highest BCUT2D eigenvalue weighted by atomic mass is 19.4. The van der Waals surface area contributed by atoms with E-state index in [1.807, 2.05) is 19.1 Å². The Morgan fingerprint density at radius 2 is 1.71 bits per heavy atom. The summed E-state index contributed by atoms with van der Waals surface area (Å²) in [5, 5.41) is 7.67. The summed E-state index contributed by atoms with van der Waals surface area (Å²) < 4.78 is 49.0. The second kappa shape index (κ2) is 8.81. The molecule has 1 heterocycles. The molecule has 0 bridgehead atoms. The molecule has 1 aromatic heterocycles. The highest BCUT2D eigenvalue weighted by Gasteiger charge is 2.33. The van der Waals surface area contributed by atoms with Crippen molar-refractivity contribution in [3.63, 3.8) is 0 Å². The number of benzene rings is 3. The van der Waals surface area contributed by atoms with Gasteiger partial charge in [0.2, 0.25) is 0 Å². The summed E-state index contributed by atoms with van der Waals surface area (Å²) in [6.45, 7) is 5.59. The minimum Gasteiger partial charge on any atom is -0.489 e. The first-order valence-electron chi connectivity index (χ1n) is 10.6. The molecule has 6 nitrogen and oxygen atoms in total. The van der Waals surface area contributed by atoms with Gasteiger partial charge in [-0.2, -0.15) is 22.5 Å². The molecule has 4 rings (SSSR count). The lowest BCUT2D eigenvalue weighted by atomic mass is 9.96. The summed E-state index contributed by atoms with van der Waals surface area (Å²) in [6, 6.07) is 14.6. The van der Waals surface area contributed by atoms with Gasteiger partial charge < -0.3 is 4.74 Å². The molecule has 0 fully saturated rings. The SMILES string of the molecule is Cc1ccc(C(F)(F)F)c(-c2ccc(OCc3c(C)cccc3-n3nnn(C)c3=O)c(C)c2)c1. The minimum atomic E-state index is -4.45. The van der Waals surface area contributed by atoms with Gasteiger partial charge in [0.1, 0.15) is 12.4 Å². The molecular weight excluding hydrogens is 445 g/mol. The molecule has 0 amide bonds. The molecule has 9 heteroatoms. The smallest absolute Gasteiger partial charge is 0.417 e. The van der Waals surface area contributed by atoms with Crippen molar-refractivity contribution in [2.24, 2.45) is 7.05 Å². The average Bonchev–Trinajstić information content (AvgIpc) is 3.10. The first-order valence-corrected chi connectivity index (χ1v) is 10.6. The zero-order valence-corrected chi connectivity index (χ0v) is 19.1. The van der Waals surface area contributed by atoms with E-state index >= 15 is 0 Å². The van der Waals surface area contributed by atoms with E-state index in [0.717, 1.165) is 27.4 Å². The van der Waals surface area contributed by atoms with Gasteiger partial charge in [0.25, 0.3) is 0 Å². The molecule has 34 heavy (non-hydrogen) atoms. The monoisotopic (exact) mass is 468 g/mol. The van der Waals surface area contributed by atoms with Crippen molar-refractivity contribution in [2.75, 3.05) is 0 Å². The van der Waals surface area contributed by atoms with Crippen LogP contribution in [-0.4, -0.2) is 19.8 Å². The molecule has 0 spiro atoms. The molecule has 0 aliphatic carbocycles. The van der Waals surface area contributed by atoms with E-state index in [1.165, 1.54) is 23.9 Å². The van der Waals surface area contributed by atoms with Crippen LogP contribution >= 0.6 is 0 Å². The third kappa shape index (κ3) is 4.46. The lowest BCUT2D eigenvalue weighted by molar-refractivity contribution is -0.137. The Morgan fingerprint density at radius 1 is 0.941 bits per heavy atom. The molecule has 4 aromatic rings. The Hall–Kier alpha value is -3.88. The third-order valence-corrected chi connectivity index (χ3v) is 5.67. The Kier molecular flexibility index (Phi) is 6.03. The van der Waals surface area contributed by atoms with Crippen molar-refractivity contribution in [1.29, 1.82) is 0 Å². The van der Waals surface area contributed by atoms with E-state index in [0.29, 0.717) is 22.6 Å². The van der Waals surface area contributed by atoms with Crippen molar-refractivity contribution in [3.8, 4) is 22.6 Å². The van der Waals surface area contributed by atoms with E-state index in [4.69, 9.17) is 4.74 Å². The second-order valence-electron chi connectivity index (χ2n) is 8.19. The fourth-order valence-corrected chi connectivity index (χ4v) is 3.81. The van der Waals surface area contributed by atoms with Gasteiger partial charge in [-0.3, -0.25) is 0 Å². The predicted octanol–water partition coefficient (Wildman–Crippen LogP) is 5.16. The lowest BCUT2D eigenvalue weighted by Gasteiger charge is -2.17. The van der Waals surface area contributed by atoms with Crippen LogP contribution in [0.4, 0.5) is 13.2 Å². The van der Waals surface area contributed by atoms with Gasteiger partial charge >= 0.3 is 11.9 Å². The number of hydrogen-bond donors (Lipinski definition) is 0. The number of aryl methyl sites for hydroxylation is 4. The van der Waals surface area contributed by atoms with Gasteiger partial charge in [0.05, 0.1) is 11.3 Å². The fourth-order valence-electron chi connectivity index (χ4n) is 3.81. The molecule has 0 saturated heterocycles. The van der Waals surface area contributed by atoms with Gasteiger partial charge in [-0.25, -0.2) is 4.79 Å². The van der Waals surface area contributed by atoms with Gasteiger partial charge in [0.15, 0.2) is 0 Å². The quantitative estimate of drug-likeness (QED) is 0.406. The van der Waals surface area contributed by atoms with Gasteiger partial charge in [-0.1, -0.05) is 35.9 Å². The lowest BCUT2D eigenvalue weighted by Crippen LogP contribution is -2.23. The highest BCUT2D eigenvalue weighted by Crippen LogP contribution is 2.38. The van der Waals surface area contributed by atoms with Gasteiger partial charge in [-0.05, 0) is 77.7 Å². The topological polar surface area (TPSA) is 61.9 Å². The first kappa shape index (κ1) is 23.3. The van der Waals surface area contributed by atoms with Gasteiger partial charge in [-0.15, -0.1) is 0 Å². The zero-order valence-electron chi connectivity index (χ0n) is 19.1. The van der Waals surface area contributed by atoms with Crippen LogP contribution < -0.4 is 10.4 Å². The summed E-state index contributed by atoms with van der Waals surface area (Å²) in [6.07, 6.45) is -4.45. The number of nitrogens with zero attached hydrogens (tertiary/aromatic N) is 4. The van der Waals surface area contributed by atoms with E-state index in [-0.39, 0.29) is 17.9 Å². The number of hydrogen-bond acceptors (Lipinski definition) is 4. The molecule has 176 valence electrons. The van der Waals surface area contributed by atoms with Crippen LogP contribution in [0.15, 0.2) is 59.4 Å². The minimum absolute atomic E-state index is 0.130. The van der Waals surface area contributed by atoms with Crippen LogP contribution in [0.3, 0.4) is 0 Å². The van der Waals surface area contributed by atoms with Crippen LogP contribution in [0.2, 0.25) is 0 Å². The van der Waals surface area contributed by atoms with Crippen molar-refractivity contribution < 1.29 is 17.9 Å². The molecule has 0 atom stereocenters. The molecular formula is C25H23F3N4O2. The number of aromatic nitrogens is 4. The summed E-state index contributed by atoms with van der Waals surface area (Å²) in [7, 11) is 1.52. The third-order valence-electron chi connectivity index (χ3n) is 5.67. The maximum atomic E-state index is 13.5. The van der Waals surface area contributed by atoms with Crippen LogP contribution in [-0.2, 0) is 19.8 Å². The number of rotatable bonds is 5. The van der Waals surface area contributed by atoms with E-state index in [9.17, 15) is 18.0 Å². The number of halogens is 3. The second-order valence-corrected chi connectivity index (χ2v) is 8.19. The normalized spacial score (nSPS) is 11.6. The largest absolute Gasteiger partial charge is 0.489 e. The summed E-state index contributed by atoms with van der Waals surface area (Å²) >= 11 is 0. The van der Waals surface area contributed by atoms with Crippen LogP contribution in [0.25, 0.3) is 16.8 Å². The zero-order chi connectivity index (χ0) is 24.6. The van der Waals surface area contributed by atoms with Crippen molar-refractivity contribution in [1.82, 2.24) is 19.8 Å². The Bertz CT molecular complexity index is 1420. The molecule has 0 N–H and O–H groups in total. The number of tetrazole rings is 1. The molecule has 3 aromatic carbocycles. The Morgan fingerprint density at radius 3 is 2.35 bits per heavy atom. The van der Waals surface area contributed by atoms with E-state index in [2.05, 4.69) is 10.4 Å². The van der Waals surface area contributed by atoms with Crippen LogP contribution in [0.1, 0.15) is 27.8 Å². The molecule has 0 saturated carbocycles. The number of ether oxygens (including phenoxy) is 1. The van der Waals surface area contributed by atoms with Crippen LogP contribution in [0, 0.1) is 20.8 Å². The Balaban J connectivity index is 1.65. The molecule has 0 radical (unpaired) electrons. The summed E-state index contributed by atoms with van der Waals surface area (Å²) in [4.78, 5) is 12.3. The summed E-state index contributed by atoms with van der Waals surface area (Å²) in [5.74, 6) is 0.533. The van der Waals surface area contributed by atoms with Crippen molar-refractivity contribution >= 4 is 0 Å². The standard InChI is InChI=1S/C25H23F3N4O2/c1-15-8-10-21(25(26,27)28)19(12-15)18-9-11-23(17(3)13-18)34-14-20-16(2)6-5-7-22(20)32-24(33)31(4)29-30-32/h5-13H,14H2,1-4H3. The Labute approximate surface area is 194 Å². The van der Waals surface area contributed by atoms with Crippen LogP contribution in [0.5, 0.6) is 5.75 Å².